The number of benzene rings is 2. The second-order valence-corrected chi connectivity index (χ2v) is 9.62. The SMILES string of the molecule is COc1ccc(C)cc1/C=C/C(=O)N1CCN(S(=O)(=O)c2cccc(Br)c2)CC1. The Hall–Kier alpha value is -2.16. The fraction of sp³-hybridized carbons (Fsp3) is 0.286. The Balaban J connectivity index is 1.65. The summed E-state index contributed by atoms with van der Waals surface area (Å²) in [5, 5.41) is 0. The first-order chi connectivity index (χ1) is 13.8. The van der Waals surface area contributed by atoms with E-state index in [1.165, 1.54) is 10.4 Å². The lowest BCUT2D eigenvalue weighted by Gasteiger charge is -2.33. The zero-order valence-corrected chi connectivity index (χ0v) is 18.7. The van der Waals surface area contributed by atoms with Gasteiger partial charge in [0.05, 0.1) is 12.0 Å². The normalized spacial score (nSPS) is 15.6. The van der Waals surface area contributed by atoms with Gasteiger partial charge >= 0.3 is 0 Å². The van der Waals surface area contributed by atoms with Gasteiger partial charge in [-0.1, -0.05) is 33.6 Å². The molecule has 0 unspecified atom stereocenters. The number of carbonyl (C=O) groups excluding carboxylic acids is 1. The van der Waals surface area contributed by atoms with E-state index >= 15 is 0 Å². The van der Waals surface area contributed by atoms with E-state index < -0.39 is 10.0 Å². The lowest BCUT2D eigenvalue weighted by Crippen LogP contribution is -2.50. The summed E-state index contributed by atoms with van der Waals surface area (Å²) < 4.78 is 33.1. The molecule has 0 spiro atoms. The van der Waals surface area contributed by atoms with Crippen molar-refractivity contribution >= 4 is 37.9 Å². The van der Waals surface area contributed by atoms with Gasteiger partial charge in [-0.25, -0.2) is 8.42 Å². The number of halogens is 1. The van der Waals surface area contributed by atoms with Crippen LogP contribution in [0.3, 0.4) is 0 Å². The summed E-state index contributed by atoms with van der Waals surface area (Å²) >= 11 is 3.31. The van der Waals surface area contributed by atoms with E-state index in [0.29, 0.717) is 23.3 Å². The van der Waals surface area contributed by atoms with Gasteiger partial charge in [0.15, 0.2) is 0 Å². The minimum atomic E-state index is -3.57. The van der Waals surface area contributed by atoms with Gasteiger partial charge in [-0.3, -0.25) is 4.79 Å². The lowest BCUT2D eigenvalue weighted by molar-refractivity contribution is -0.127. The first kappa shape index (κ1) is 21.5. The van der Waals surface area contributed by atoms with Crippen LogP contribution in [0.5, 0.6) is 5.75 Å². The molecule has 2 aromatic carbocycles. The van der Waals surface area contributed by atoms with Crippen molar-refractivity contribution in [3.63, 3.8) is 0 Å². The van der Waals surface area contributed by atoms with Crippen LogP contribution in [0.15, 0.2) is 57.9 Å². The predicted octanol–water partition coefficient (Wildman–Crippen LogP) is 3.31. The van der Waals surface area contributed by atoms with E-state index in [9.17, 15) is 13.2 Å². The van der Waals surface area contributed by atoms with E-state index in [1.54, 1.807) is 42.4 Å². The molecule has 1 amide bonds. The fourth-order valence-corrected chi connectivity index (χ4v) is 5.20. The van der Waals surface area contributed by atoms with Crippen molar-refractivity contribution in [3.8, 4) is 5.75 Å². The average molecular weight is 479 g/mol. The largest absolute Gasteiger partial charge is 0.496 e. The van der Waals surface area contributed by atoms with Crippen LogP contribution >= 0.6 is 15.9 Å². The van der Waals surface area contributed by atoms with Crippen molar-refractivity contribution in [1.29, 1.82) is 0 Å². The van der Waals surface area contributed by atoms with Gasteiger partial charge in [0.2, 0.25) is 15.9 Å². The van der Waals surface area contributed by atoms with Crippen LogP contribution in [-0.4, -0.2) is 56.8 Å². The summed E-state index contributed by atoms with van der Waals surface area (Å²) in [5.74, 6) is 0.553. The first-order valence-corrected chi connectivity index (χ1v) is 11.4. The number of rotatable bonds is 5. The van der Waals surface area contributed by atoms with Gasteiger partial charge in [0.25, 0.3) is 0 Å². The van der Waals surface area contributed by atoms with Crippen molar-refractivity contribution in [2.75, 3.05) is 33.3 Å². The zero-order chi connectivity index (χ0) is 21.0. The highest BCUT2D eigenvalue weighted by Gasteiger charge is 2.29. The average Bonchev–Trinajstić information content (AvgIpc) is 2.72. The van der Waals surface area contributed by atoms with Crippen LogP contribution in [0.25, 0.3) is 6.08 Å². The molecule has 6 nitrogen and oxygen atoms in total. The standard InChI is InChI=1S/C21H23BrN2O4S/c1-16-6-8-20(28-2)17(14-16)7-9-21(25)23-10-12-24(13-11-23)29(26,27)19-5-3-4-18(22)15-19/h3-9,14-15H,10-13H2,1-2H3/b9-7+. The van der Waals surface area contributed by atoms with Gasteiger partial charge in [-0.2, -0.15) is 4.31 Å². The Morgan fingerprint density at radius 1 is 1.10 bits per heavy atom. The highest BCUT2D eigenvalue weighted by Crippen LogP contribution is 2.23. The van der Waals surface area contributed by atoms with Crippen LogP contribution in [0.2, 0.25) is 0 Å². The number of carbonyl (C=O) groups is 1. The molecule has 1 fully saturated rings. The van der Waals surface area contributed by atoms with Crippen LogP contribution in [-0.2, 0) is 14.8 Å². The molecule has 1 saturated heterocycles. The number of sulfonamides is 1. The van der Waals surface area contributed by atoms with E-state index in [1.807, 2.05) is 25.1 Å². The number of aryl methyl sites for hydroxylation is 1. The molecule has 8 heteroatoms. The summed E-state index contributed by atoms with van der Waals surface area (Å²) in [5.41, 5.74) is 1.90. The number of nitrogens with zero attached hydrogens (tertiary/aromatic N) is 2. The van der Waals surface area contributed by atoms with Gasteiger partial charge < -0.3 is 9.64 Å². The number of hydrogen-bond donors (Lipinski definition) is 0. The quantitative estimate of drug-likeness (QED) is 0.618. The van der Waals surface area contributed by atoms with Crippen LogP contribution < -0.4 is 4.74 Å². The number of methoxy groups -OCH3 is 1. The molecule has 1 aliphatic rings. The van der Waals surface area contributed by atoms with Gasteiger partial charge in [-0.15, -0.1) is 0 Å². The summed E-state index contributed by atoms with van der Waals surface area (Å²) in [6, 6.07) is 12.4. The number of ether oxygens (including phenoxy) is 1. The molecule has 0 aromatic heterocycles. The number of amides is 1. The topological polar surface area (TPSA) is 66.9 Å². The van der Waals surface area contributed by atoms with Crippen molar-refractivity contribution in [2.24, 2.45) is 0 Å². The zero-order valence-electron chi connectivity index (χ0n) is 16.3. The summed E-state index contributed by atoms with van der Waals surface area (Å²) in [6.07, 6.45) is 3.24. The van der Waals surface area contributed by atoms with Crippen LogP contribution in [0.4, 0.5) is 0 Å². The molecule has 1 aliphatic heterocycles. The molecule has 154 valence electrons. The van der Waals surface area contributed by atoms with Crippen LogP contribution in [0.1, 0.15) is 11.1 Å². The smallest absolute Gasteiger partial charge is 0.246 e. The molecule has 0 radical (unpaired) electrons. The predicted molar refractivity (Wildman–Crippen MR) is 116 cm³/mol. The first-order valence-electron chi connectivity index (χ1n) is 9.18. The fourth-order valence-electron chi connectivity index (χ4n) is 3.18. The molecule has 0 saturated carbocycles. The molecule has 1 heterocycles. The third-order valence-electron chi connectivity index (χ3n) is 4.77. The van der Waals surface area contributed by atoms with Gasteiger partial charge in [0, 0.05) is 42.3 Å². The van der Waals surface area contributed by atoms with E-state index in [-0.39, 0.29) is 23.9 Å². The molecule has 0 N–H and O–H groups in total. The number of piperazine rings is 1. The van der Waals surface area contributed by atoms with Crippen molar-refractivity contribution < 1.29 is 17.9 Å². The van der Waals surface area contributed by atoms with E-state index in [4.69, 9.17) is 4.74 Å². The molecule has 0 aliphatic carbocycles. The number of hydrogen-bond acceptors (Lipinski definition) is 4. The second kappa shape index (κ2) is 9.11. The van der Waals surface area contributed by atoms with Crippen molar-refractivity contribution in [2.45, 2.75) is 11.8 Å². The highest BCUT2D eigenvalue weighted by molar-refractivity contribution is 9.10. The molecule has 0 atom stereocenters. The molecule has 3 rings (SSSR count). The minimum absolute atomic E-state index is 0.145. The van der Waals surface area contributed by atoms with Gasteiger partial charge in [0.1, 0.15) is 5.75 Å². The van der Waals surface area contributed by atoms with Crippen LogP contribution in [0, 0.1) is 6.92 Å². The molecule has 29 heavy (non-hydrogen) atoms. The second-order valence-electron chi connectivity index (χ2n) is 6.77. The third kappa shape index (κ3) is 5.07. The maximum Gasteiger partial charge on any atom is 0.246 e. The van der Waals surface area contributed by atoms with Crippen molar-refractivity contribution in [3.05, 3.63) is 64.1 Å². The Morgan fingerprint density at radius 2 is 1.83 bits per heavy atom. The Bertz CT molecular complexity index is 1030. The maximum atomic E-state index is 12.8. The minimum Gasteiger partial charge on any atom is -0.496 e. The highest BCUT2D eigenvalue weighted by atomic mass is 79.9. The summed E-state index contributed by atoms with van der Waals surface area (Å²) in [6.45, 7) is 3.21. The Labute approximate surface area is 180 Å². The Kier molecular flexibility index (Phi) is 6.77. The molecular formula is C21H23BrN2O4S. The summed E-state index contributed by atoms with van der Waals surface area (Å²) in [4.78, 5) is 14.5. The molecular weight excluding hydrogens is 456 g/mol. The molecule has 2 aromatic rings. The van der Waals surface area contributed by atoms with E-state index in [2.05, 4.69) is 15.9 Å². The third-order valence-corrected chi connectivity index (χ3v) is 7.16. The lowest BCUT2D eigenvalue weighted by atomic mass is 10.1. The maximum absolute atomic E-state index is 12.8. The van der Waals surface area contributed by atoms with Crippen molar-refractivity contribution in [1.82, 2.24) is 9.21 Å². The Morgan fingerprint density at radius 3 is 2.48 bits per heavy atom. The molecule has 0 bridgehead atoms. The monoisotopic (exact) mass is 478 g/mol. The van der Waals surface area contributed by atoms with E-state index in [0.717, 1.165) is 11.1 Å². The summed E-state index contributed by atoms with van der Waals surface area (Å²) in [7, 11) is -1.98. The van der Waals surface area contributed by atoms with Gasteiger partial charge in [-0.05, 0) is 43.3 Å².